The van der Waals surface area contributed by atoms with E-state index in [1.54, 1.807) is 35.1 Å². The van der Waals surface area contributed by atoms with Crippen LogP contribution in [0.3, 0.4) is 0 Å². The quantitative estimate of drug-likeness (QED) is 0.671. The smallest absolute Gasteiger partial charge is 0.263 e. The number of nitrogens with one attached hydrogen (secondary N) is 1. The third-order valence-electron chi connectivity index (χ3n) is 3.74. The molecule has 0 bridgehead atoms. The van der Waals surface area contributed by atoms with E-state index in [0.29, 0.717) is 28.2 Å². The van der Waals surface area contributed by atoms with E-state index in [1.165, 1.54) is 0 Å². The van der Waals surface area contributed by atoms with Crippen molar-refractivity contribution in [2.24, 2.45) is 0 Å². The van der Waals surface area contributed by atoms with Crippen LogP contribution in [0.5, 0.6) is 5.75 Å². The second-order valence-corrected chi connectivity index (χ2v) is 6.52. The first-order chi connectivity index (χ1) is 12.5. The number of carbonyl (C=O) groups is 1. The van der Waals surface area contributed by atoms with E-state index < -0.39 is 0 Å². The van der Waals surface area contributed by atoms with Crippen molar-refractivity contribution < 1.29 is 9.53 Å². The molecule has 0 radical (unpaired) electrons. The van der Waals surface area contributed by atoms with Crippen molar-refractivity contribution in [2.45, 2.75) is 13.5 Å². The van der Waals surface area contributed by atoms with Gasteiger partial charge in [-0.05, 0) is 30.7 Å². The van der Waals surface area contributed by atoms with Gasteiger partial charge in [0.25, 0.3) is 5.91 Å². The molecule has 0 atom stereocenters. The second kappa shape index (κ2) is 8.25. The highest BCUT2D eigenvalue weighted by Gasteiger charge is 2.10. The predicted octanol–water partition coefficient (Wildman–Crippen LogP) is 4.56. The number of amides is 1. The highest BCUT2D eigenvalue weighted by Crippen LogP contribution is 2.25. The zero-order valence-electron chi connectivity index (χ0n) is 14.1. The number of hydrogen-bond donors (Lipinski definition) is 1. The van der Waals surface area contributed by atoms with Crippen LogP contribution in [0.2, 0.25) is 10.0 Å². The maximum Gasteiger partial charge on any atom is 0.263 e. The van der Waals surface area contributed by atoms with E-state index in [4.69, 9.17) is 27.9 Å². The lowest BCUT2D eigenvalue weighted by molar-refractivity contribution is -0.118. The van der Waals surface area contributed by atoms with Crippen molar-refractivity contribution in [1.29, 1.82) is 0 Å². The van der Waals surface area contributed by atoms with Crippen LogP contribution in [-0.4, -0.2) is 22.3 Å². The van der Waals surface area contributed by atoms with Crippen LogP contribution in [-0.2, 0) is 11.3 Å². The van der Waals surface area contributed by atoms with Gasteiger partial charge in [-0.1, -0.05) is 47.5 Å². The maximum absolute atomic E-state index is 12.0. The number of hydrogen-bond acceptors (Lipinski definition) is 3. The van der Waals surface area contributed by atoms with Crippen LogP contribution < -0.4 is 10.1 Å². The summed E-state index contributed by atoms with van der Waals surface area (Å²) in [5.74, 6) is 0.836. The van der Waals surface area contributed by atoms with Crippen LogP contribution in [0.4, 0.5) is 5.82 Å². The first-order valence-corrected chi connectivity index (χ1v) is 8.73. The molecule has 1 heterocycles. The number of aromatic nitrogens is 2. The maximum atomic E-state index is 12.0. The van der Waals surface area contributed by atoms with Gasteiger partial charge in [0.15, 0.2) is 12.4 Å². The minimum absolute atomic E-state index is 0.0892. The fourth-order valence-corrected chi connectivity index (χ4v) is 2.92. The first-order valence-electron chi connectivity index (χ1n) is 7.97. The summed E-state index contributed by atoms with van der Waals surface area (Å²) in [6, 6.07) is 14.6. The van der Waals surface area contributed by atoms with E-state index in [1.807, 2.05) is 31.2 Å². The molecule has 0 unspecified atom stereocenters. The fourth-order valence-electron chi connectivity index (χ4n) is 2.40. The Hall–Kier alpha value is -2.50. The molecule has 7 heteroatoms. The lowest BCUT2D eigenvalue weighted by atomic mass is 10.2. The van der Waals surface area contributed by atoms with E-state index in [9.17, 15) is 4.79 Å². The highest BCUT2D eigenvalue weighted by atomic mass is 35.5. The summed E-state index contributed by atoms with van der Waals surface area (Å²) < 4.78 is 7.18. The number of para-hydroxylation sites is 1. The van der Waals surface area contributed by atoms with Gasteiger partial charge in [-0.3, -0.25) is 9.48 Å². The molecule has 0 spiro atoms. The fraction of sp³-hybridized carbons (Fsp3) is 0.158. The van der Waals surface area contributed by atoms with Crippen molar-refractivity contribution in [1.82, 2.24) is 9.78 Å². The largest absolute Gasteiger partial charge is 0.483 e. The van der Waals surface area contributed by atoms with Gasteiger partial charge < -0.3 is 10.1 Å². The Morgan fingerprint density at radius 2 is 1.85 bits per heavy atom. The van der Waals surface area contributed by atoms with Gasteiger partial charge in [-0.25, -0.2) is 0 Å². The van der Waals surface area contributed by atoms with E-state index in [0.717, 1.165) is 11.1 Å². The SMILES string of the molecule is Cc1ccccc1OCC(=O)Nc1ccn(Cc2c(Cl)cccc2Cl)n1. The number of anilines is 1. The summed E-state index contributed by atoms with van der Waals surface area (Å²) in [4.78, 5) is 12.0. The van der Waals surface area contributed by atoms with E-state index in [2.05, 4.69) is 10.4 Å². The Morgan fingerprint density at radius 1 is 1.12 bits per heavy atom. The molecule has 0 saturated carbocycles. The van der Waals surface area contributed by atoms with Crippen LogP contribution in [0.1, 0.15) is 11.1 Å². The van der Waals surface area contributed by atoms with Gasteiger partial charge in [0, 0.05) is 27.9 Å². The van der Waals surface area contributed by atoms with Crippen LogP contribution in [0.15, 0.2) is 54.7 Å². The van der Waals surface area contributed by atoms with Crippen LogP contribution in [0, 0.1) is 6.92 Å². The molecule has 1 N–H and O–H groups in total. The van der Waals surface area contributed by atoms with Crippen molar-refractivity contribution in [3.8, 4) is 5.75 Å². The third-order valence-corrected chi connectivity index (χ3v) is 4.45. The average molecular weight is 390 g/mol. The van der Waals surface area contributed by atoms with Gasteiger partial charge in [0.2, 0.25) is 0 Å². The number of benzene rings is 2. The summed E-state index contributed by atoms with van der Waals surface area (Å²) in [6.07, 6.45) is 1.75. The molecule has 1 amide bonds. The van der Waals surface area contributed by atoms with Crippen molar-refractivity contribution in [3.05, 3.63) is 75.9 Å². The molecule has 3 aromatic rings. The summed E-state index contributed by atoms with van der Waals surface area (Å²) in [5.41, 5.74) is 1.75. The molecule has 3 rings (SSSR count). The molecule has 0 aliphatic heterocycles. The molecule has 0 aliphatic carbocycles. The first kappa shape index (κ1) is 18.3. The molecule has 0 fully saturated rings. The molecule has 5 nitrogen and oxygen atoms in total. The molecular weight excluding hydrogens is 373 g/mol. The molecule has 0 saturated heterocycles. The monoisotopic (exact) mass is 389 g/mol. The summed E-state index contributed by atoms with van der Waals surface area (Å²) in [7, 11) is 0. The topological polar surface area (TPSA) is 56.1 Å². The van der Waals surface area contributed by atoms with Crippen molar-refractivity contribution in [2.75, 3.05) is 11.9 Å². The Labute approximate surface area is 161 Å². The Kier molecular flexibility index (Phi) is 5.81. The molecule has 0 aliphatic rings. The van der Waals surface area contributed by atoms with Gasteiger partial charge in [0.1, 0.15) is 5.75 Å². The lowest BCUT2D eigenvalue weighted by Gasteiger charge is -2.08. The van der Waals surface area contributed by atoms with E-state index in [-0.39, 0.29) is 12.5 Å². The van der Waals surface area contributed by atoms with Gasteiger partial charge in [-0.15, -0.1) is 0 Å². The van der Waals surface area contributed by atoms with Crippen LogP contribution in [0.25, 0.3) is 0 Å². The third kappa shape index (κ3) is 4.56. The molecule has 134 valence electrons. The standard InChI is InChI=1S/C19H17Cl2N3O2/c1-13-5-2-3-8-17(13)26-12-19(25)22-18-9-10-24(23-18)11-14-15(20)6-4-7-16(14)21/h2-10H,11-12H2,1H3,(H,22,23,25). The molecular formula is C19H17Cl2N3O2. The Morgan fingerprint density at radius 3 is 2.58 bits per heavy atom. The normalized spacial score (nSPS) is 10.6. The zero-order valence-corrected chi connectivity index (χ0v) is 15.6. The summed E-state index contributed by atoms with van der Waals surface area (Å²) >= 11 is 12.3. The minimum atomic E-state index is -0.283. The Bertz CT molecular complexity index is 904. The summed E-state index contributed by atoms with van der Waals surface area (Å²) in [6.45, 7) is 2.25. The second-order valence-electron chi connectivity index (χ2n) is 5.70. The molecule has 2 aromatic carbocycles. The molecule has 1 aromatic heterocycles. The number of aryl methyl sites for hydroxylation is 1. The zero-order chi connectivity index (χ0) is 18.5. The van der Waals surface area contributed by atoms with E-state index >= 15 is 0 Å². The Balaban J connectivity index is 1.58. The van der Waals surface area contributed by atoms with Crippen LogP contribution >= 0.6 is 23.2 Å². The van der Waals surface area contributed by atoms with Gasteiger partial charge in [0.05, 0.1) is 6.54 Å². The summed E-state index contributed by atoms with van der Waals surface area (Å²) in [5, 5.41) is 8.17. The number of ether oxygens (including phenoxy) is 1. The minimum Gasteiger partial charge on any atom is -0.483 e. The lowest BCUT2D eigenvalue weighted by Crippen LogP contribution is -2.20. The highest BCUT2D eigenvalue weighted by molar-refractivity contribution is 6.35. The molecule has 26 heavy (non-hydrogen) atoms. The van der Waals surface area contributed by atoms with Gasteiger partial charge in [-0.2, -0.15) is 5.10 Å². The number of halogens is 2. The van der Waals surface area contributed by atoms with Gasteiger partial charge >= 0.3 is 0 Å². The number of rotatable bonds is 6. The predicted molar refractivity (Wildman–Crippen MR) is 103 cm³/mol. The average Bonchev–Trinajstić information content (AvgIpc) is 3.04. The van der Waals surface area contributed by atoms with Crippen molar-refractivity contribution in [3.63, 3.8) is 0 Å². The van der Waals surface area contributed by atoms with Crippen molar-refractivity contribution >= 4 is 34.9 Å². The number of nitrogens with zero attached hydrogens (tertiary/aromatic N) is 2. The number of carbonyl (C=O) groups excluding carboxylic acids is 1.